The average Bonchev–Trinajstić information content (AvgIpc) is 3.36. The van der Waals surface area contributed by atoms with Crippen molar-refractivity contribution >= 4 is 0 Å². The Morgan fingerprint density at radius 1 is 1.17 bits per heavy atom. The molecule has 2 aromatic heterocycles. The third-order valence-corrected chi connectivity index (χ3v) is 6.77. The van der Waals surface area contributed by atoms with E-state index < -0.39 is 0 Å². The molecule has 0 bridgehead atoms. The first-order chi connectivity index (χ1) is 14.1. The van der Waals surface area contributed by atoms with Gasteiger partial charge in [-0.3, -0.25) is 4.68 Å². The molecule has 3 fully saturated rings. The van der Waals surface area contributed by atoms with Crippen LogP contribution < -0.4 is 4.74 Å². The smallest absolute Gasteiger partial charge is 0.233 e. The SMILES string of the molecule is Cc1nn(C)cc1-c1ccc(O[C@@H]2C[C@@H]3CN(CC4CCCOC4)C[C@@H]3C2)nn1. The molecule has 2 saturated heterocycles. The third-order valence-electron chi connectivity index (χ3n) is 6.77. The first-order valence-corrected chi connectivity index (χ1v) is 10.9. The van der Waals surface area contributed by atoms with Crippen molar-refractivity contribution in [3.63, 3.8) is 0 Å². The van der Waals surface area contributed by atoms with Crippen LogP contribution in [0.5, 0.6) is 5.88 Å². The molecule has 7 nitrogen and oxygen atoms in total. The zero-order valence-corrected chi connectivity index (χ0v) is 17.5. The fourth-order valence-corrected chi connectivity index (χ4v) is 5.45. The minimum atomic E-state index is 0.269. The summed E-state index contributed by atoms with van der Waals surface area (Å²) in [4.78, 5) is 2.66. The van der Waals surface area contributed by atoms with Gasteiger partial charge in [0.05, 0.1) is 18.0 Å². The molecule has 2 aromatic rings. The maximum atomic E-state index is 6.19. The van der Waals surface area contributed by atoms with Crippen LogP contribution in [0.2, 0.25) is 0 Å². The number of hydrogen-bond acceptors (Lipinski definition) is 6. The molecule has 1 unspecified atom stereocenters. The summed E-state index contributed by atoms with van der Waals surface area (Å²) in [5.41, 5.74) is 2.82. The lowest BCUT2D eigenvalue weighted by atomic mass is 10.0. The highest BCUT2D eigenvalue weighted by Crippen LogP contribution is 2.40. The molecule has 2 aliphatic heterocycles. The standard InChI is InChI=1S/C22H31N5O2/c1-15-20(13-26(2)25-15)21-5-6-22(24-23-21)29-19-8-17-11-27(12-18(17)9-19)10-16-4-3-7-28-14-16/h5-6,13,16-19H,3-4,7-12,14H2,1-2H3/t16?,17-,18+,19-. The topological polar surface area (TPSA) is 65.3 Å². The van der Waals surface area contributed by atoms with Gasteiger partial charge in [-0.05, 0) is 56.4 Å². The summed E-state index contributed by atoms with van der Waals surface area (Å²) in [5.74, 6) is 2.88. The Balaban J connectivity index is 1.13. The van der Waals surface area contributed by atoms with Crippen LogP contribution in [0, 0.1) is 24.7 Å². The molecule has 29 heavy (non-hydrogen) atoms. The second-order valence-corrected chi connectivity index (χ2v) is 9.09. The Morgan fingerprint density at radius 3 is 2.62 bits per heavy atom. The van der Waals surface area contributed by atoms with E-state index >= 15 is 0 Å². The average molecular weight is 398 g/mol. The van der Waals surface area contributed by atoms with Crippen molar-refractivity contribution < 1.29 is 9.47 Å². The molecule has 0 amide bonds. The van der Waals surface area contributed by atoms with Crippen molar-refractivity contribution in [1.29, 1.82) is 0 Å². The van der Waals surface area contributed by atoms with Gasteiger partial charge in [0.1, 0.15) is 6.10 Å². The summed E-state index contributed by atoms with van der Waals surface area (Å²) in [6.07, 6.45) is 7.06. The molecule has 1 aliphatic carbocycles. The van der Waals surface area contributed by atoms with Gasteiger partial charge in [0, 0.05) is 51.1 Å². The first-order valence-electron chi connectivity index (χ1n) is 10.9. The van der Waals surface area contributed by atoms with Gasteiger partial charge >= 0.3 is 0 Å². The van der Waals surface area contributed by atoms with Gasteiger partial charge in [-0.25, -0.2) is 0 Å². The second-order valence-electron chi connectivity index (χ2n) is 9.09. The largest absolute Gasteiger partial charge is 0.473 e. The van der Waals surface area contributed by atoms with E-state index in [0.29, 0.717) is 5.88 Å². The van der Waals surface area contributed by atoms with E-state index in [1.807, 2.05) is 32.3 Å². The Bertz CT molecular complexity index is 816. The fourth-order valence-electron chi connectivity index (χ4n) is 5.45. The monoisotopic (exact) mass is 397 g/mol. The highest BCUT2D eigenvalue weighted by molar-refractivity contribution is 5.60. The summed E-state index contributed by atoms with van der Waals surface area (Å²) < 4.78 is 13.6. The molecular weight excluding hydrogens is 366 g/mol. The highest BCUT2D eigenvalue weighted by atomic mass is 16.5. The predicted molar refractivity (Wildman–Crippen MR) is 110 cm³/mol. The fraction of sp³-hybridized carbons (Fsp3) is 0.682. The van der Waals surface area contributed by atoms with Crippen molar-refractivity contribution in [1.82, 2.24) is 24.9 Å². The molecule has 1 saturated carbocycles. The van der Waals surface area contributed by atoms with Gasteiger partial charge in [0.2, 0.25) is 5.88 Å². The zero-order chi connectivity index (χ0) is 19.8. The van der Waals surface area contributed by atoms with E-state index in [1.165, 1.54) is 32.5 Å². The van der Waals surface area contributed by atoms with Gasteiger partial charge in [0.25, 0.3) is 0 Å². The summed E-state index contributed by atoms with van der Waals surface area (Å²) >= 11 is 0. The van der Waals surface area contributed by atoms with Gasteiger partial charge < -0.3 is 14.4 Å². The van der Waals surface area contributed by atoms with Gasteiger partial charge in [-0.1, -0.05) is 0 Å². The summed E-state index contributed by atoms with van der Waals surface area (Å²) in [6, 6.07) is 3.92. The summed E-state index contributed by atoms with van der Waals surface area (Å²) in [7, 11) is 1.92. The normalized spacial score (nSPS) is 29.9. The van der Waals surface area contributed by atoms with E-state index in [2.05, 4.69) is 20.2 Å². The number of likely N-dealkylation sites (tertiary alicyclic amines) is 1. The van der Waals surface area contributed by atoms with Crippen LogP contribution in [0.1, 0.15) is 31.4 Å². The number of aryl methyl sites for hydroxylation is 2. The molecule has 4 heterocycles. The van der Waals surface area contributed by atoms with Crippen LogP contribution in [0.3, 0.4) is 0 Å². The van der Waals surface area contributed by atoms with Gasteiger partial charge in [-0.2, -0.15) is 5.10 Å². The van der Waals surface area contributed by atoms with E-state index in [1.54, 1.807) is 4.68 Å². The third kappa shape index (κ3) is 4.16. The molecular formula is C22H31N5O2. The van der Waals surface area contributed by atoms with E-state index in [9.17, 15) is 0 Å². The number of ether oxygens (including phenoxy) is 2. The summed E-state index contributed by atoms with van der Waals surface area (Å²) in [6.45, 7) is 7.53. The van der Waals surface area contributed by atoms with Crippen LogP contribution in [0.4, 0.5) is 0 Å². The maximum absolute atomic E-state index is 6.19. The molecule has 0 radical (unpaired) electrons. The lowest BCUT2D eigenvalue weighted by Crippen LogP contribution is -2.33. The van der Waals surface area contributed by atoms with Gasteiger partial charge in [-0.15, -0.1) is 10.2 Å². The van der Waals surface area contributed by atoms with Crippen LogP contribution in [0.25, 0.3) is 11.3 Å². The first kappa shape index (κ1) is 19.0. The molecule has 7 heteroatoms. The molecule has 0 N–H and O–H groups in total. The molecule has 3 aliphatic rings. The Hall–Kier alpha value is -1.99. The van der Waals surface area contributed by atoms with Crippen LogP contribution in [0.15, 0.2) is 18.3 Å². The van der Waals surface area contributed by atoms with Crippen molar-refractivity contribution in [2.45, 2.75) is 38.7 Å². The number of rotatable bonds is 5. The highest BCUT2D eigenvalue weighted by Gasteiger charge is 2.42. The Kier molecular flexibility index (Phi) is 5.26. The Morgan fingerprint density at radius 2 is 2.00 bits per heavy atom. The number of fused-ring (bicyclic) bond motifs is 1. The van der Waals surface area contributed by atoms with Crippen LogP contribution in [-0.2, 0) is 11.8 Å². The minimum Gasteiger partial charge on any atom is -0.473 e. The van der Waals surface area contributed by atoms with E-state index in [4.69, 9.17) is 9.47 Å². The molecule has 4 atom stereocenters. The molecule has 0 aromatic carbocycles. The molecule has 156 valence electrons. The van der Waals surface area contributed by atoms with E-state index in [0.717, 1.165) is 60.8 Å². The lowest BCUT2D eigenvalue weighted by Gasteiger charge is -2.27. The zero-order valence-electron chi connectivity index (χ0n) is 17.5. The Labute approximate surface area is 172 Å². The van der Waals surface area contributed by atoms with Crippen molar-refractivity contribution in [2.24, 2.45) is 24.8 Å². The lowest BCUT2D eigenvalue weighted by molar-refractivity contribution is 0.0401. The molecule has 0 spiro atoms. The number of nitrogens with zero attached hydrogens (tertiary/aromatic N) is 5. The number of aromatic nitrogens is 4. The quantitative estimate of drug-likeness (QED) is 0.773. The minimum absolute atomic E-state index is 0.269. The van der Waals surface area contributed by atoms with Crippen LogP contribution >= 0.6 is 0 Å². The number of hydrogen-bond donors (Lipinski definition) is 0. The van der Waals surface area contributed by atoms with Crippen molar-refractivity contribution in [2.75, 3.05) is 32.8 Å². The van der Waals surface area contributed by atoms with Crippen LogP contribution in [-0.4, -0.2) is 63.8 Å². The predicted octanol–water partition coefficient (Wildman–Crippen LogP) is 2.70. The maximum Gasteiger partial charge on any atom is 0.233 e. The van der Waals surface area contributed by atoms with Crippen molar-refractivity contribution in [3.8, 4) is 17.1 Å². The van der Waals surface area contributed by atoms with E-state index in [-0.39, 0.29) is 6.10 Å². The summed E-state index contributed by atoms with van der Waals surface area (Å²) in [5, 5.41) is 13.1. The molecule has 5 rings (SSSR count). The van der Waals surface area contributed by atoms with Gasteiger partial charge in [0.15, 0.2) is 0 Å². The second kappa shape index (κ2) is 8.03. The van der Waals surface area contributed by atoms with Crippen molar-refractivity contribution in [3.05, 3.63) is 24.0 Å².